The van der Waals surface area contributed by atoms with Crippen LogP contribution in [0.2, 0.25) is 0 Å². The topological polar surface area (TPSA) is 46.5 Å². The van der Waals surface area contributed by atoms with Crippen LogP contribution in [-0.2, 0) is 5.41 Å². The molecule has 1 fully saturated rings. The fourth-order valence-electron chi connectivity index (χ4n) is 2.41. The standard InChI is InChI=1S/C12H11FO3/c13-9-6-10-8(5-7(9)11(14)15)12(1-2-12)3-4-16-10/h5-6H,1-4H2,(H,14,15). The van der Waals surface area contributed by atoms with Crippen molar-refractivity contribution in [1.82, 2.24) is 0 Å². The van der Waals surface area contributed by atoms with E-state index in [2.05, 4.69) is 0 Å². The van der Waals surface area contributed by atoms with E-state index in [1.54, 1.807) is 0 Å². The van der Waals surface area contributed by atoms with Gasteiger partial charge in [-0.1, -0.05) is 0 Å². The van der Waals surface area contributed by atoms with Gasteiger partial charge < -0.3 is 9.84 Å². The van der Waals surface area contributed by atoms with Crippen LogP contribution < -0.4 is 4.74 Å². The fraction of sp³-hybridized carbons (Fsp3) is 0.417. The van der Waals surface area contributed by atoms with Crippen LogP contribution in [0.1, 0.15) is 35.2 Å². The van der Waals surface area contributed by atoms with E-state index in [0.717, 1.165) is 24.8 Å². The number of benzene rings is 1. The first-order valence-electron chi connectivity index (χ1n) is 5.32. The summed E-state index contributed by atoms with van der Waals surface area (Å²) in [7, 11) is 0. The molecule has 3 rings (SSSR count). The Morgan fingerprint density at radius 1 is 1.38 bits per heavy atom. The molecule has 0 aromatic heterocycles. The van der Waals surface area contributed by atoms with Gasteiger partial charge in [-0.05, 0) is 25.3 Å². The van der Waals surface area contributed by atoms with Crippen molar-refractivity contribution in [1.29, 1.82) is 0 Å². The minimum Gasteiger partial charge on any atom is -0.493 e. The maximum atomic E-state index is 13.4. The minimum absolute atomic E-state index is 0.0749. The zero-order valence-corrected chi connectivity index (χ0v) is 8.62. The molecule has 0 saturated heterocycles. The van der Waals surface area contributed by atoms with Gasteiger partial charge in [-0.25, -0.2) is 9.18 Å². The summed E-state index contributed by atoms with van der Waals surface area (Å²) < 4.78 is 18.8. The van der Waals surface area contributed by atoms with Gasteiger partial charge in [0.25, 0.3) is 0 Å². The SMILES string of the molecule is O=C(O)c1cc2c(cc1F)OCCC21CC1. The van der Waals surface area contributed by atoms with Gasteiger partial charge in [-0.2, -0.15) is 0 Å². The molecule has 1 aromatic rings. The Kier molecular flexibility index (Phi) is 1.79. The summed E-state index contributed by atoms with van der Waals surface area (Å²) >= 11 is 0. The quantitative estimate of drug-likeness (QED) is 0.793. The Labute approximate surface area is 91.8 Å². The third-order valence-electron chi connectivity index (χ3n) is 3.56. The van der Waals surface area contributed by atoms with Crippen LogP contribution in [0.4, 0.5) is 4.39 Å². The molecule has 1 heterocycles. The average Bonchev–Trinajstić information content (AvgIpc) is 2.98. The molecular weight excluding hydrogens is 211 g/mol. The largest absolute Gasteiger partial charge is 0.493 e. The number of halogens is 1. The molecule has 0 amide bonds. The first kappa shape index (κ1) is 9.63. The van der Waals surface area contributed by atoms with Crippen LogP contribution >= 0.6 is 0 Å². The summed E-state index contributed by atoms with van der Waals surface area (Å²) in [5.74, 6) is -1.42. The van der Waals surface area contributed by atoms with Gasteiger partial charge in [-0.3, -0.25) is 0 Å². The lowest BCUT2D eigenvalue weighted by Gasteiger charge is -2.26. The summed E-state index contributed by atoms with van der Waals surface area (Å²) in [4.78, 5) is 10.9. The first-order chi connectivity index (χ1) is 7.62. The van der Waals surface area contributed by atoms with E-state index in [1.165, 1.54) is 12.1 Å². The number of carbonyl (C=O) groups is 1. The highest BCUT2D eigenvalue weighted by atomic mass is 19.1. The lowest BCUT2D eigenvalue weighted by molar-refractivity contribution is 0.0691. The maximum absolute atomic E-state index is 13.4. The molecule has 2 aliphatic rings. The molecule has 1 aliphatic carbocycles. The zero-order chi connectivity index (χ0) is 11.3. The molecule has 1 spiro atoms. The maximum Gasteiger partial charge on any atom is 0.338 e. The van der Waals surface area contributed by atoms with Crippen LogP contribution in [0.3, 0.4) is 0 Å². The van der Waals surface area contributed by atoms with Gasteiger partial charge in [0.15, 0.2) is 0 Å². The van der Waals surface area contributed by atoms with E-state index in [9.17, 15) is 9.18 Å². The monoisotopic (exact) mass is 222 g/mol. The molecule has 0 radical (unpaired) electrons. The smallest absolute Gasteiger partial charge is 0.338 e. The molecule has 84 valence electrons. The molecule has 1 aliphatic heterocycles. The van der Waals surface area contributed by atoms with E-state index in [0.29, 0.717) is 12.4 Å². The summed E-state index contributed by atoms with van der Waals surface area (Å²) in [6.07, 6.45) is 3.01. The van der Waals surface area contributed by atoms with Gasteiger partial charge in [0, 0.05) is 17.0 Å². The van der Waals surface area contributed by atoms with E-state index in [1.807, 2.05) is 0 Å². The highest BCUT2D eigenvalue weighted by molar-refractivity contribution is 5.88. The highest BCUT2D eigenvalue weighted by Gasteiger charge is 2.48. The average molecular weight is 222 g/mol. The van der Waals surface area contributed by atoms with Crippen LogP contribution in [0.25, 0.3) is 0 Å². The Bertz CT molecular complexity index is 477. The lowest BCUT2D eigenvalue weighted by atomic mass is 9.88. The number of rotatable bonds is 1. The fourth-order valence-corrected chi connectivity index (χ4v) is 2.41. The van der Waals surface area contributed by atoms with E-state index in [4.69, 9.17) is 9.84 Å². The van der Waals surface area contributed by atoms with Crippen molar-refractivity contribution < 1.29 is 19.0 Å². The number of hydrogen-bond acceptors (Lipinski definition) is 2. The minimum atomic E-state index is -1.22. The second-order valence-electron chi connectivity index (χ2n) is 4.51. The van der Waals surface area contributed by atoms with E-state index in [-0.39, 0.29) is 11.0 Å². The summed E-state index contributed by atoms with van der Waals surface area (Å²) in [5.41, 5.74) is 0.693. The van der Waals surface area contributed by atoms with Crippen LogP contribution in [0.15, 0.2) is 12.1 Å². The van der Waals surface area contributed by atoms with Gasteiger partial charge in [0.2, 0.25) is 0 Å². The number of hydrogen-bond donors (Lipinski definition) is 1. The van der Waals surface area contributed by atoms with Gasteiger partial charge in [-0.15, -0.1) is 0 Å². The summed E-state index contributed by atoms with van der Waals surface area (Å²) in [6.45, 7) is 0.596. The number of fused-ring (bicyclic) bond motifs is 2. The Morgan fingerprint density at radius 2 is 2.12 bits per heavy atom. The molecule has 16 heavy (non-hydrogen) atoms. The number of aromatic carboxylic acids is 1. The van der Waals surface area contributed by atoms with Crippen molar-refractivity contribution in [3.8, 4) is 5.75 Å². The Morgan fingerprint density at radius 3 is 2.75 bits per heavy atom. The molecule has 3 nitrogen and oxygen atoms in total. The van der Waals surface area contributed by atoms with Gasteiger partial charge >= 0.3 is 5.97 Å². The van der Waals surface area contributed by atoms with Crippen molar-refractivity contribution >= 4 is 5.97 Å². The van der Waals surface area contributed by atoms with E-state index < -0.39 is 11.8 Å². The molecule has 0 bridgehead atoms. The van der Waals surface area contributed by atoms with Crippen molar-refractivity contribution in [3.63, 3.8) is 0 Å². The predicted octanol–water partition coefficient (Wildman–Crippen LogP) is 2.34. The predicted molar refractivity (Wildman–Crippen MR) is 54.4 cm³/mol. The zero-order valence-electron chi connectivity index (χ0n) is 8.62. The number of carboxylic acid groups (broad SMARTS) is 1. The lowest BCUT2D eigenvalue weighted by Crippen LogP contribution is -2.21. The second kappa shape index (κ2) is 2.97. The molecule has 0 atom stereocenters. The molecular formula is C12H11FO3. The molecule has 0 unspecified atom stereocenters. The van der Waals surface area contributed by atoms with Crippen LogP contribution in [0.5, 0.6) is 5.75 Å². The first-order valence-corrected chi connectivity index (χ1v) is 5.32. The van der Waals surface area contributed by atoms with Crippen molar-refractivity contribution in [2.45, 2.75) is 24.7 Å². The van der Waals surface area contributed by atoms with Gasteiger partial charge in [0.1, 0.15) is 11.6 Å². The van der Waals surface area contributed by atoms with Crippen LogP contribution in [0, 0.1) is 5.82 Å². The summed E-state index contributed by atoms with van der Waals surface area (Å²) in [5, 5.41) is 8.88. The molecule has 1 N–H and O–H groups in total. The highest BCUT2D eigenvalue weighted by Crippen LogP contribution is 2.56. The molecule has 1 saturated carbocycles. The number of ether oxygens (including phenoxy) is 1. The number of carboxylic acids is 1. The summed E-state index contributed by atoms with van der Waals surface area (Å²) in [6, 6.07) is 2.65. The third kappa shape index (κ3) is 1.22. The Balaban J connectivity index is 2.17. The van der Waals surface area contributed by atoms with Crippen molar-refractivity contribution in [2.75, 3.05) is 6.61 Å². The van der Waals surface area contributed by atoms with E-state index >= 15 is 0 Å². The van der Waals surface area contributed by atoms with Crippen molar-refractivity contribution in [2.24, 2.45) is 0 Å². The second-order valence-corrected chi connectivity index (χ2v) is 4.51. The van der Waals surface area contributed by atoms with Crippen molar-refractivity contribution in [3.05, 3.63) is 29.1 Å². The normalized spacial score (nSPS) is 20.1. The third-order valence-corrected chi connectivity index (χ3v) is 3.56. The van der Waals surface area contributed by atoms with Crippen LogP contribution in [-0.4, -0.2) is 17.7 Å². The Hall–Kier alpha value is -1.58. The molecule has 1 aromatic carbocycles. The molecule has 4 heteroatoms. The van der Waals surface area contributed by atoms with Gasteiger partial charge in [0.05, 0.1) is 12.2 Å².